The fraction of sp³-hybridized carbons (Fsp3) is 0. The Bertz CT molecular complexity index is 3290. The van der Waals surface area contributed by atoms with Gasteiger partial charge in [0.1, 0.15) is 16.7 Å². The molecule has 3 heteroatoms. The second-order valence-corrected chi connectivity index (χ2v) is 14.1. The average molecular weight is 924 g/mol. The molecule has 12 aromatic rings. The maximum atomic E-state index is 6.62. The molecule has 0 amide bonds. The zero-order valence-electron chi connectivity index (χ0n) is 31.9. The van der Waals surface area contributed by atoms with Crippen molar-refractivity contribution in [2.45, 2.75) is 0 Å². The summed E-state index contributed by atoms with van der Waals surface area (Å²) in [6.07, 6.45) is 0. The van der Waals surface area contributed by atoms with Crippen LogP contribution < -0.4 is 0 Å². The Kier molecular flexibility index (Phi) is 10.7. The summed E-state index contributed by atoms with van der Waals surface area (Å²) in [6.45, 7) is 0. The van der Waals surface area contributed by atoms with E-state index in [0.717, 1.165) is 60.9 Å². The van der Waals surface area contributed by atoms with Gasteiger partial charge in [0, 0.05) is 54.1 Å². The van der Waals surface area contributed by atoms with E-state index in [-0.39, 0.29) is 21.1 Å². The molecule has 0 radical (unpaired) electrons. The fourth-order valence-electron chi connectivity index (χ4n) is 7.95. The third-order valence-corrected chi connectivity index (χ3v) is 10.6. The summed E-state index contributed by atoms with van der Waals surface area (Å²) < 4.78 is 12.8. The van der Waals surface area contributed by atoms with Gasteiger partial charge in [0.25, 0.3) is 0 Å². The number of rotatable bonds is 3. The van der Waals surface area contributed by atoms with E-state index in [9.17, 15) is 0 Å². The van der Waals surface area contributed by atoms with E-state index in [0.29, 0.717) is 0 Å². The molecule has 0 spiro atoms. The summed E-state index contributed by atoms with van der Waals surface area (Å²) in [6, 6.07) is 81.7. The first-order valence-corrected chi connectivity index (χ1v) is 19.4. The predicted molar refractivity (Wildman–Crippen MR) is 242 cm³/mol. The van der Waals surface area contributed by atoms with Crippen molar-refractivity contribution in [3.63, 3.8) is 0 Å². The largest absolute Gasteiger partial charge is 0.483 e. The van der Waals surface area contributed by atoms with Crippen LogP contribution in [0.2, 0.25) is 0 Å². The quantitative estimate of drug-likeness (QED) is 0.165. The average Bonchev–Trinajstić information content (AvgIpc) is 3.91. The first-order chi connectivity index (χ1) is 28.8. The Hall–Kier alpha value is -6.99. The van der Waals surface area contributed by atoms with Crippen LogP contribution in [0.1, 0.15) is 0 Å². The molecule has 0 saturated carbocycles. The van der Waals surface area contributed by atoms with E-state index in [4.69, 9.17) is 8.83 Å². The normalized spacial score (nSPS) is 10.9. The molecular formula is C56H35O2W-3. The second-order valence-electron chi connectivity index (χ2n) is 14.1. The van der Waals surface area contributed by atoms with Crippen molar-refractivity contribution >= 4 is 65.4 Å². The van der Waals surface area contributed by atoms with Crippen LogP contribution in [0.3, 0.4) is 0 Å². The maximum Gasteiger partial charge on any atom is 0.143 e. The van der Waals surface area contributed by atoms with Crippen LogP contribution in [0.25, 0.3) is 98.8 Å². The molecule has 12 rings (SSSR count). The SMILES string of the molecule is [W].[c-]1ccc(-c2cccc3c2oc2c(-c4ccccc4)cc4ccccc4c23)cc1.[c-]1cccc2c1oc1c(-c3ccccc3)cc3ccccc3c12.[c-]1ccccc1. The Morgan fingerprint density at radius 3 is 1.41 bits per heavy atom. The second kappa shape index (κ2) is 16.9. The minimum atomic E-state index is 0. The van der Waals surface area contributed by atoms with Crippen LogP contribution in [0, 0.1) is 18.2 Å². The number of furan rings is 2. The molecule has 2 heterocycles. The molecule has 59 heavy (non-hydrogen) atoms. The molecule has 10 aromatic carbocycles. The first kappa shape index (κ1) is 37.6. The molecule has 0 aliphatic carbocycles. The van der Waals surface area contributed by atoms with Crippen molar-refractivity contribution in [2.75, 3.05) is 0 Å². The number of hydrogen-bond acceptors (Lipinski definition) is 2. The molecule has 0 N–H and O–H groups in total. The van der Waals surface area contributed by atoms with Crippen LogP contribution in [-0.4, -0.2) is 0 Å². The van der Waals surface area contributed by atoms with Crippen LogP contribution in [-0.2, 0) is 21.1 Å². The molecular weight excluding hydrogens is 888 g/mol. The summed E-state index contributed by atoms with van der Waals surface area (Å²) in [5, 5.41) is 9.53. The van der Waals surface area contributed by atoms with Crippen LogP contribution in [0.4, 0.5) is 0 Å². The van der Waals surface area contributed by atoms with Gasteiger partial charge in [-0.1, -0.05) is 133 Å². The van der Waals surface area contributed by atoms with E-state index in [1.807, 2.05) is 66.7 Å². The van der Waals surface area contributed by atoms with Gasteiger partial charge in [0.05, 0.1) is 0 Å². The van der Waals surface area contributed by atoms with Gasteiger partial charge in [-0.3, -0.25) is 0 Å². The van der Waals surface area contributed by atoms with Gasteiger partial charge in [0.15, 0.2) is 0 Å². The van der Waals surface area contributed by atoms with E-state index in [1.54, 1.807) is 0 Å². The van der Waals surface area contributed by atoms with Crippen molar-refractivity contribution in [3.05, 3.63) is 231 Å². The zero-order valence-corrected chi connectivity index (χ0v) is 34.9. The van der Waals surface area contributed by atoms with Gasteiger partial charge in [0.2, 0.25) is 0 Å². The van der Waals surface area contributed by atoms with Crippen molar-refractivity contribution in [1.82, 2.24) is 0 Å². The monoisotopic (exact) mass is 923 g/mol. The fourth-order valence-corrected chi connectivity index (χ4v) is 7.95. The Labute approximate surface area is 357 Å². The van der Waals surface area contributed by atoms with E-state index >= 15 is 0 Å². The molecule has 0 unspecified atom stereocenters. The summed E-state index contributed by atoms with van der Waals surface area (Å²) in [5.74, 6) is 0. The summed E-state index contributed by atoms with van der Waals surface area (Å²) in [5.41, 5.74) is 10.5. The van der Waals surface area contributed by atoms with Crippen molar-refractivity contribution in [3.8, 4) is 33.4 Å². The Balaban J connectivity index is 0.000000134. The third kappa shape index (κ3) is 7.25. The molecule has 2 nitrogen and oxygen atoms in total. The Morgan fingerprint density at radius 2 is 0.814 bits per heavy atom. The van der Waals surface area contributed by atoms with Gasteiger partial charge >= 0.3 is 0 Å². The summed E-state index contributed by atoms with van der Waals surface area (Å²) >= 11 is 0. The summed E-state index contributed by atoms with van der Waals surface area (Å²) in [7, 11) is 0. The molecule has 0 saturated heterocycles. The number of benzene rings is 10. The maximum absolute atomic E-state index is 6.62. The number of hydrogen-bond donors (Lipinski definition) is 0. The third-order valence-electron chi connectivity index (χ3n) is 10.6. The molecule has 0 aliphatic rings. The zero-order chi connectivity index (χ0) is 38.7. The van der Waals surface area contributed by atoms with E-state index in [2.05, 4.69) is 164 Å². The topological polar surface area (TPSA) is 26.3 Å². The van der Waals surface area contributed by atoms with Gasteiger partial charge < -0.3 is 8.83 Å². The van der Waals surface area contributed by atoms with E-state index < -0.39 is 0 Å². The smallest absolute Gasteiger partial charge is 0.143 e. The standard InChI is InChI=1S/C28H17O.C22H13O.C6H5.W/c1-3-10-19(11-4-1)23-16-9-17-24-26-22-15-8-7-14-21(22)18-25(28(26)29-27(23)24)20-12-5-2-6-13-20;1-2-8-15(9-3-1)19-14-16-10-4-5-11-17(16)21-18-12-6-7-13-20(18)23-22(19)21;1-2-4-6-5-3-1;/h2-18H;1-12,14H;1-5H;/q3*-1;. The molecule has 2 aromatic heterocycles. The van der Waals surface area contributed by atoms with Gasteiger partial charge in [-0.05, 0) is 50.2 Å². The predicted octanol–water partition coefficient (Wildman–Crippen LogP) is 15.6. The van der Waals surface area contributed by atoms with Crippen molar-refractivity contribution in [2.24, 2.45) is 0 Å². The molecule has 0 atom stereocenters. The Morgan fingerprint density at radius 1 is 0.322 bits per heavy atom. The molecule has 280 valence electrons. The summed E-state index contributed by atoms with van der Waals surface area (Å²) in [4.78, 5) is 0. The number of para-hydroxylation sites is 2. The minimum Gasteiger partial charge on any atom is -0.483 e. The van der Waals surface area contributed by atoms with Crippen LogP contribution >= 0.6 is 0 Å². The van der Waals surface area contributed by atoms with Crippen LogP contribution in [0.15, 0.2) is 221 Å². The van der Waals surface area contributed by atoms with Crippen LogP contribution in [0.5, 0.6) is 0 Å². The minimum absolute atomic E-state index is 0. The number of fused-ring (bicyclic) bond motifs is 10. The molecule has 0 fully saturated rings. The van der Waals surface area contributed by atoms with E-state index in [1.165, 1.54) is 37.9 Å². The van der Waals surface area contributed by atoms with Gasteiger partial charge in [-0.15, -0.1) is 11.6 Å². The van der Waals surface area contributed by atoms with Crippen molar-refractivity contribution in [1.29, 1.82) is 0 Å². The first-order valence-electron chi connectivity index (χ1n) is 19.4. The van der Waals surface area contributed by atoms with Gasteiger partial charge in [-0.2, -0.15) is 84.9 Å². The molecule has 0 aliphatic heterocycles. The van der Waals surface area contributed by atoms with Crippen molar-refractivity contribution < 1.29 is 29.9 Å². The molecule has 0 bridgehead atoms. The van der Waals surface area contributed by atoms with Gasteiger partial charge in [-0.25, -0.2) is 0 Å².